The van der Waals surface area contributed by atoms with Crippen LogP contribution in [0.4, 0.5) is 0 Å². The van der Waals surface area contributed by atoms with E-state index in [1.807, 2.05) is 0 Å². The fourth-order valence-corrected chi connectivity index (χ4v) is 4.02. The van der Waals surface area contributed by atoms with Gasteiger partial charge in [-0.1, -0.05) is 0 Å². The van der Waals surface area contributed by atoms with E-state index < -0.39 is 17.3 Å². The Morgan fingerprint density at radius 2 is 1.91 bits per heavy atom. The molecule has 0 aliphatic rings. The summed E-state index contributed by atoms with van der Waals surface area (Å²) in [6.07, 6.45) is 2.61. The van der Waals surface area contributed by atoms with Crippen molar-refractivity contribution >= 4 is 45.4 Å². The van der Waals surface area contributed by atoms with Crippen molar-refractivity contribution in [2.75, 3.05) is 20.8 Å². The minimum Gasteiger partial charge on any atom is -0.493 e. The van der Waals surface area contributed by atoms with Crippen molar-refractivity contribution in [2.45, 2.75) is 19.8 Å². The summed E-state index contributed by atoms with van der Waals surface area (Å²) in [6, 6.07) is 4.80. The van der Waals surface area contributed by atoms with Gasteiger partial charge in [-0.05, 0) is 25.1 Å². The number of hydrogen-bond donors (Lipinski definition) is 2. The number of carbonyl (C=O) groups excluding carboxylic acids is 3. The van der Waals surface area contributed by atoms with E-state index >= 15 is 0 Å². The molecule has 0 aliphatic heterocycles. The number of hydrazone groups is 1. The van der Waals surface area contributed by atoms with E-state index in [9.17, 15) is 19.2 Å². The number of aromatic nitrogens is 1. The Balaban J connectivity index is 1.60. The van der Waals surface area contributed by atoms with Crippen molar-refractivity contribution in [1.29, 1.82) is 0 Å². The highest BCUT2D eigenvalue weighted by Crippen LogP contribution is 2.28. The first-order chi connectivity index (χ1) is 16.4. The van der Waals surface area contributed by atoms with Crippen LogP contribution in [0, 0.1) is 0 Å². The second-order valence-electron chi connectivity index (χ2n) is 6.93. The third-order valence-electron chi connectivity index (χ3n) is 4.80. The Morgan fingerprint density at radius 1 is 1.15 bits per heavy atom. The molecule has 0 radical (unpaired) electrons. The summed E-state index contributed by atoms with van der Waals surface area (Å²) in [6.45, 7) is 1.82. The minimum absolute atomic E-state index is 0.0117. The number of hydrogen-bond acceptors (Lipinski definition) is 9. The van der Waals surface area contributed by atoms with Crippen LogP contribution in [0.3, 0.4) is 0 Å². The highest BCUT2D eigenvalue weighted by Gasteiger charge is 2.16. The number of pyridine rings is 1. The van der Waals surface area contributed by atoms with E-state index in [0.29, 0.717) is 32.8 Å². The number of amides is 1. The summed E-state index contributed by atoms with van der Waals surface area (Å²) in [4.78, 5) is 51.8. The number of esters is 1. The van der Waals surface area contributed by atoms with Gasteiger partial charge in [-0.2, -0.15) is 5.10 Å². The molecule has 3 rings (SSSR count). The molecule has 0 saturated carbocycles. The van der Waals surface area contributed by atoms with Crippen LogP contribution in [-0.4, -0.2) is 49.7 Å². The average Bonchev–Trinajstić information content (AvgIpc) is 3.26. The largest absolute Gasteiger partial charge is 0.493 e. The number of benzene rings is 1. The Morgan fingerprint density at radius 3 is 2.62 bits per heavy atom. The summed E-state index contributed by atoms with van der Waals surface area (Å²) in [7, 11) is 2.98. The normalized spacial score (nSPS) is 10.9. The lowest BCUT2D eigenvalue weighted by molar-refractivity contribution is -0.121. The second kappa shape index (κ2) is 11.2. The van der Waals surface area contributed by atoms with Crippen LogP contribution >= 0.6 is 11.3 Å². The molecule has 34 heavy (non-hydrogen) atoms. The van der Waals surface area contributed by atoms with Gasteiger partial charge in [-0.25, -0.2) is 10.2 Å². The minimum atomic E-state index is -0.691. The number of nitrogens with one attached hydrogen (secondary N) is 2. The zero-order valence-corrected chi connectivity index (χ0v) is 19.6. The van der Waals surface area contributed by atoms with Gasteiger partial charge in [0.1, 0.15) is 5.56 Å². The van der Waals surface area contributed by atoms with E-state index in [0.717, 1.165) is 11.3 Å². The second-order valence-corrected chi connectivity index (χ2v) is 7.81. The molecule has 1 aromatic carbocycles. The maximum atomic E-state index is 12.5. The number of carbonyl (C=O) groups is 3. The van der Waals surface area contributed by atoms with Gasteiger partial charge >= 0.3 is 5.97 Å². The van der Waals surface area contributed by atoms with Crippen LogP contribution in [0.5, 0.6) is 11.5 Å². The van der Waals surface area contributed by atoms with Crippen molar-refractivity contribution in [2.24, 2.45) is 5.10 Å². The molecule has 10 nitrogen and oxygen atoms in total. The third kappa shape index (κ3) is 5.49. The van der Waals surface area contributed by atoms with Crippen molar-refractivity contribution in [3.05, 3.63) is 56.7 Å². The number of H-pyrrole nitrogens is 1. The van der Waals surface area contributed by atoms with E-state index in [-0.39, 0.29) is 30.8 Å². The maximum absolute atomic E-state index is 12.5. The zero-order chi connectivity index (χ0) is 24.7. The predicted octanol–water partition coefficient (Wildman–Crippen LogP) is 2.90. The molecule has 0 fully saturated rings. The van der Waals surface area contributed by atoms with E-state index in [1.54, 1.807) is 30.5 Å². The van der Waals surface area contributed by atoms with Crippen LogP contribution in [-0.2, 0) is 9.53 Å². The first-order valence-electron chi connectivity index (χ1n) is 10.3. The smallest absolute Gasteiger partial charge is 0.343 e. The summed E-state index contributed by atoms with van der Waals surface area (Å²) in [5.74, 6) is -0.422. The highest BCUT2D eigenvalue weighted by molar-refractivity contribution is 7.17. The first-order valence-corrected chi connectivity index (χ1v) is 11.1. The Labute approximate surface area is 198 Å². The van der Waals surface area contributed by atoms with Crippen molar-refractivity contribution in [3.63, 3.8) is 0 Å². The maximum Gasteiger partial charge on any atom is 0.343 e. The number of aromatic amines is 1. The molecule has 2 N–H and O–H groups in total. The van der Waals surface area contributed by atoms with Gasteiger partial charge in [0, 0.05) is 35.5 Å². The monoisotopic (exact) mass is 485 g/mol. The van der Waals surface area contributed by atoms with Gasteiger partial charge in [0.25, 0.3) is 0 Å². The molecule has 3 aromatic rings. The summed E-state index contributed by atoms with van der Waals surface area (Å²) in [5.41, 5.74) is 3.32. The highest BCUT2D eigenvalue weighted by atomic mass is 32.1. The number of Topliss-reactive ketones (excluding diaryl/α,β-unsaturated/α-hetero) is 1. The molecular formula is C23H23N3O7S. The van der Waals surface area contributed by atoms with Gasteiger partial charge in [-0.3, -0.25) is 14.4 Å². The lowest BCUT2D eigenvalue weighted by Crippen LogP contribution is -2.18. The van der Waals surface area contributed by atoms with Gasteiger partial charge in [-0.15, -0.1) is 11.3 Å². The van der Waals surface area contributed by atoms with Crippen LogP contribution in [0.15, 0.2) is 39.7 Å². The fourth-order valence-electron chi connectivity index (χ4n) is 3.09. The SMILES string of the molecule is CCOC(=O)c1c[nH]c2c(/C=N/NC(=O)CCC(=O)c3ccc(OC)c(OC)c3)csc2c1=O. The molecule has 0 atom stereocenters. The molecule has 0 bridgehead atoms. The molecule has 0 spiro atoms. The van der Waals surface area contributed by atoms with Crippen molar-refractivity contribution < 1.29 is 28.6 Å². The summed E-state index contributed by atoms with van der Waals surface area (Å²) < 4.78 is 15.6. The van der Waals surface area contributed by atoms with Crippen LogP contribution in [0.1, 0.15) is 46.0 Å². The molecule has 2 heterocycles. The number of nitrogens with zero attached hydrogens (tertiary/aromatic N) is 1. The summed E-state index contributed by atoms with van der Waals surface area (Å²) in [5, 5.41) is 5.58. The molecule has 0 saturated heterocycles. The van der Waals surface area contributed by atoms with Crippen molar-refractivity contribution in [1.82, 2.24) is 10.4 Å². The van der Waals surface area contributed by atoms with Crippen LogP contribution in [0.2, 0.25) is 0 Å². The molecule has 0 unspecified atom stereocenters. The number of fused-ring (bicyclic) bond motifs is 1. The van der Waals surface area contributed by atoms with Gasteiger partial charge in [0.05, 0.1) is 37.3 Å². The van der Waals surface area contributed by atoms with E-state index in [4.69, 9.17) is 14.2 Å². The first kappa shape index (κ1) is 24.6. The van der Waals surface area contributed by atoms with Crippen LogP contribution in [0.25, 0.3) is 10.2 Å². The van der Waals surface area contributed by atoms with Crippen LogP contribution < -0.4 is 20.3 Å². The van der Waals surface area contributed by atoms with Gasteiger partial charge in [0.15, 0.2) is 17.3 Å². The average molecular weight is 486 g/mol. The molecule has 1 amide bonds. The van der Waals surface area contributed by atoms with E-state index in [2.05, 4.69) is 15.5 Å². The van der Waals surface area contributed by atoms with Crippen molar-refractivity contribution in [3.8, 4) is 11.5 Å². The van der Waals surface area contributed by atoms with E-state index in [1.165, 1.54) is 26.6 Å². The quantitative estimate of drug-likeness (QED) is 0.195. The Bertz CT molecular complexity index is 1310. The number of ketones is 1. The number of methoxy groups -OCH3 is 2. The molecule has 11 heteroatoms. The predicted molar refractivity (Wildman–Crippen MR) is 127 cm³/mol. The lowest BCUT2D eigenvalue weighted by atomic mass is 10.1. The number of thiophene rings is 1. The Hall–Kier alpha value is -3.99. The topological polar surface area (TPSA) is 136 Å². The standard InChI is InChI=1S/C23H23N3O7S/c1-4-33-23(30)15-11-24-20-14(12-34-22(20)21(15)29)10-25-26-19(28)8-6-16(27)13-5-7-17(31-2)18(9-13)32-3/h5,7,9-12H,4,6,8H2,1-3H3,(H,24,29)(H,26,28)/b25-10+. The van der Waals surface area contributed by atoms with Gasteiger partial charge in [0.2, 0.25) is 11.3 Å². The number of ether oxygens (including phenoxy) is 3. The molecule has 178 valence electrons. The lowest BCUT2D eigenvalue weighted by Gasteiger charge is -2.08. The molecular weight excluding hydrogens is 462 g/mol. The Kier molecular flexibility index (Phi) is 8.14. The summed E-state index contributed by atoms with van der Waals surface area (Å²) >= 11 is 1.15. The molecule has 2 aromatic heterocycles. The molecule has 0 aliphatic carbocycles. The fraction of sp³-hybridized carbons (Fsp3) is 0.261. The third-order valence-corrected chi connectivity index (χ3v) is 5.80. The van der Waals surface area contributed by atoms with Gasteiger partial charge < -0.3 is 19.2 Å². The number of rotatable bonds is 10. The zero-order valence-electron chi connectivity index (χ0n) is 18.8.